The van der Waals surface area contributed by atoms with Gasteiger partial charge in [0.2, 0.25) is 5.91 Å². The Hall–Kier alpha value is -3.02. The highest BCUT2D eigenvalue weighted by Gasteiger charge is 2.26. The Morgan fingerprint density at radius 1 is 0.969 bits per heavy atom. The Balaban J connectivity index is 2.45. The third-order valence-corrected chi connectivity index (χ3v) is 5.19. The van der Waals surface area contributed by atoms with Crippen LogP contribution in [-0.4, -0.2) is 36.5 Å². The van der Waals surface area contributed by atoms with Crippen molar-refractivity contribution in [2.75, 3.05) is 24.3 Å². The molecule has 0 aliphatic rings. The Labute approximate surface area is 193 Å². The van der Waals surface area contributed by atoms with Gasteiger partial charge in [0.1, 0.15) is 0 Å². The molecule has 0 aliphatic heterocycles. The van der Waals surface area contributed by atoms with Crippen LogP contribution in [0.25, 0.3) is 0 Å². The average Bonchev–Trinajstić information content (AvgIpc) is 2.70. The lowest BCUT2D eigenvalue weighted by Crippen LogP contribution is -2.49. The number of carbonyl (C=O) groups excluding carboxylic acids is 2. The molecule has 2 aromatic carbocycles. The molecule has 6 heteroatoms. The van der Waals surface area contributed by atoms with Crippen molar-refractivity contribution in [2.45, 2.75) is 59.7 Å². The first-order chi connectivity index (χ1) is 14.9. The fourth-order valence-electron chi connectivity index (χ4n) is 3.39. The summed E-state index contributed by atoms with van der Waals surface area (Å²) < 4.78 is 0. The molecule has 2 N–H and O–H groups in total. The second-order valence-electron chi connectivity index (χ2n) is 9.78. The molecule has 6 nitrogen and oxygen atoms in total. The van der Waals surface area contributed by atoms with Crippen LogP contribution in [-0.2, 0) is 11.3 Å². The normalized spacial score (nSPS) is 12.3. The summed E-state index contributed by atoms with van der Waals surface area (Å²) >= 11 is 0. The maximum absolute atomic E-state index is 13.3. The van der Waals surface area contributed by atoms with E-state index in [-0.39, 0.29) is 29.4 Å². The summed E-state index contributed by atoms with van der Waals surface area (Å²) in [4.78, 5) is 29.4. The van der Waals surface area contributed by atoms with Gasteiger partial charge in [-0.15, -0.1) is 0 Å². The van der Waals surface area contributed by atoms with Gasteiger partial charge in [0, 0.05) is 36.9 Å². The van der Waals surface area contributed by atoms with Crippen LogP contribution < -0.4 is 15.5 Å². The molecular weight excluding hydrogens is 400 g/mol. The van der Waals surface area contributed by atoms with Crippen molar-refractivity contribution in [1.29, 1.82) is 0 Å². The minimum atomic E-state index is -0.358. The molecule has 0 saturated heterocycles. The van der Waals surface area contributed by atoms with Crippen LogP contribution in [0.2, 0.25) is 0 Å². The molecule has 0 saturated carbocycles. The summed E-state index contributed by atoms with van der Waals surface area (Å²) in [6.45, 7) is 12.1. The molecule has 0 radical (unpaired) electrons. The number of rotatable bonds is 7. The van der Waals surface area contributed by atoms with Gasteiger partial charge in [-0.1, -0.05) is 44.2 Å². The zero-order valence-electron chi connectivity index (χ0n) is 20.7. The van der Waals surface area contributed by atoms with E-state index in [1.807, 2.05) is 114 Å². The molecule has 32 heavy (non-hydrogen) atoms. The van der Waals surface area contributed by atoms with Crippen molar-refractivity contribution < 1.29 is 9.59 Å². The van der Waals surface area contributed by atoms with Gasteiger partial charge in [-0.2, -0.15) is 0 Å². The zero-order valence-corrected chi connectivity index (χ0v) is 20.7. The molecule has 0 aromatic heterocycles. The molecule has 3 amide bonds. The lowest BCUT2D eigenvalue weighted by molar-refractivity contribution is -0.118. The van der Waals surface area contributed by atoms with Crippen molar-refractivity contribution in [3.63, 3.8) is 0 Å². The van der Waals surface area contributed by atoms with E-state index in [9.17, 15) is 9.59 Å². The molecule has 1 atom stereocenters. The summed E-state index contributed by atoms with van der Waals surface area (Å²) in [5.74, 6) is -0.146. The van der Waals surface area contributed by atoms with Crippen LogP contribution in [0.4, 0.5) is 16.2 Å². The van der Waals surface area contributed by atoms with Gasteiger partial charge in [-0.05, 0) is 57.0 Å². The van der Waals surface area contributed by atoms with Crippen LogP contribution >= 0.6 is 0 Å². The van der Waals surface area contributed by atoms with Crippen LogP contribution in [0, 0.1) is 5.92 Å². The molecular formula is C26H38N4O2. The number of urea groups is 1. The quantitative estimate of drug-likeness (QED) is 0.607. The maximum Gasteiger partial charge on any atom is 0.318 e. The van der Waals surface area contributed by atoms with Crippen LogP contribution in [0.1, 0.15) is 58.7 Å². The second kappa shape index (κ2) is 10.5. The van der Waals surface area contributed by atoms with E-state index >= 15 is 0 Å². The lowest BCUT2D eigenvalue weighted by Gasteiger charge is -2.34. The van der Waals surface area contributed by atoms with E-state index in [1.165, 1.54) is 0 Å². The number of hydrogen-bond acceptors (Lipinski definition) is 3. The van der Waals surface area contributed by atoms with E-state index in [1.54, 1.807) is 0 Å². The average molecular weight is 439 g/mol. The maximum atomic E-state index is 13.3. The van der Waals surface area contributed by atoms with Gasteiger partial charge in [0.15, 0.2) is 0 Å². The van der Waals surface area contributed by atoms with Crippen LogP contribution in [0.3, 0.4) is 0 Å². The number of hydrogen-bond donors (Lipinski definition) is 2. The largest absolute Gasteiger partial charge is 0.377 e. The summed E-state index contributed by atoms with van der Waals surface area (Å²) in [6.07, 6.45) is 0. The summed E-state index contributed by atoms with van der Waals surface area (Å²) in [7, 11) is 3.96. The lowest BCUT2D eigenvalue weighted by atomic mass is 10.0. The summed E-state index contributed by atoms with van der Waals surface area (Å²) in [5, 5.41) is 6.08. The van der Waals surface area contributed by atoms with Crippen LogP contribution in [0.15, 0.2) is 48.5 Å². The fraction of sp³-hybridized carbons (Fsp3) is 0.462. The highest BCUT2D eigenvalue weighted by Crippen LogP contribution is 2.29. The molecule has 0 heterocycles. The standard InChI is InChI=1S/C26H38N4O2/c1-18(2)24(31)27-22-14-15-23(29(7)8)21(16-22)17-30(25(32)28-26(4,5)6)19(3)20-12-10-9-11-13-20/h9-16,18-19H,17H2,1-8H3,(H,27,31)(H,28,32)/t19-/m1/s1. The third-order valence-electron chi connectivity index (χ3n) is 5.19. The monoisotopic (exact) mass is 438 g/mol. The molecule has 0 aliphatic carbocycles. The summed E-state index contributed by atoms with van der Waals surface area (Å²) in [6, 6.07) is 15.6. The van der Waals surface area contributed by atoms with Crippen molar-refractivity contribution in [3.05, 3.63) is 59.7 Å². The van der Waals surface area contributed by atoms with Gasteiger partial charge < -0.3 is 20.4 Å². The number of anilines is 2. The molecule has 2 aromatic rings. The molecule has 0 unspecified atom stereocenters. The third kappa shape index (κ3) is 7.01. The van der Waals surface area contributed by atoms with Gasteiger partial charge in [-0.3, -0.25) is 4.79 Å². The summed E-state index contributed by atoms with van der Waals surface area (Å²) in [5.41, 5.74) is 3.40. The van der Waals surface area contributed by atoms with Crippen LogP contribution in [0.5, 0.6) is 0 Å². The first-order valence-electron chi connectivity index (χ1n) is 11.1. The fourth-order valence-corrected chi connectivity index (χ4v) is 3.39. The number of carbonyl (C=O) groups is 2. The molecule has 174 valence electrons. The van der Waals surface area contributed by atoms with E-state index in [0.29, 0.717) is 6.54 Å². The first-order valence-corrected chi connectivity index (χ1v) is 11.1. The molecule has 2 rings (SSSR count). The molecule has 0 fully saturated rings. The number of benzene rings is 2. The van der Waals surface area contributed by atoms with E-state index in [2.05, 4.69) is 10.6 Å². The molecule has 0 spiro atoms. The number of amides is 3. The topological polar surface area (TPSA) is 64.7 Å². The molecule has 0 bridgehead atoms. The second-order valence-corrected chi connectivity index (χ2v) is 9.78. The smallest absolute Gasteiger partial charge is 0.318 e. The van der Waals surface area contributed by atoms with Crippen molar-refractivity contribution in [2.24, 2.45) is 5.92 Å². The predicted molar refractivity (Wildman–Crippen MR) is 133 cm³/mol. The Kier molecular flexibility index (Phi) is 8.31. The Morgan fingerprint density at radius 3 is 2.12 bits per heavy atom. The number of nitrogens with one attached hydrogen (secondary N) is 2. The van der Waals surface area contributed by atoms with Gasteiger partial charge in [0.05, 0.1) is 12.6 Å². The first kappa shape index (κ1) is 25.2. The van der Waals surface area contributed by atoms with E-state index in [0.717, 1.165) is 22.5 Å². The minimum absolute atomic E-state index is 0.0338. The predicted octanol–water partition coefficient (Wildman–Crippen LogP) is 5.42. The van der Waals surface area contributed by atoms with Gasteiger partial charge >= 0.3 is 6.03 Å². The highest BCUT2D eigenvalue weighted by atomic mass is 16.2. The SMILES string of the molecule is CC(C)C(=O)Nc1ccc(N(C)C)c(CN(C(=O)NC(C)(C)C)[C@H](C)c2ccccc2)c1. The highest BCUT2D eigenvalue weighted by molar-refractivity contribution is 5.92. The van der Waals surface area contributed by atoms with Crippen molar-refractivity contribution in [1.82, 2.24) is 10.2 Å². The minimum Gasteiger partial charge on any atom is -0.377 e. The Bertz CT molecular complexity index is 917. The van der Waals surface area contributed by atoms with Crippen molar-refractivity contribution in [3.8, 4) is 0 Å². The van der Waals surface area contributed by atoms with E-state index < -0.39 is 0 Å². The van der Waals surface area contributed by atoms with Gasteiger partial charge in [0.25, 0.3) is 0 Å². The number of nitrogens with zero attached hydrogens (tertiary/aromatic N) is 2. The van der Waals surface area contributed by atoms with Crippen molar-refractivity contribution >= 4 is 23.3 Å². The Morgan fingerprint density at radius 2 is 1.59 bits per heavy atom. The van der Waals surface area contributed by atoms with E-state index in [4.69, 9.17) is 0 Å². The van der Waals surface area contributed by atoms with Gasteiger partial charge in [-0.25, -0.2) is 4.79 Å². The zero-order chi connectivity index (χ0) is 24.1.